The lowest BCUT2D eigenvalue weighted by Gasteiger charge is -2.13. The van der Waals surface area contributed by atoms with Crippen molar-refractivity contribution >= 4 is 51.6 Å². The zero-order chi connectivity index (χ0) is 25.1. The summed E-state index contributed by atoms with van der Waals surface area (Å²) in [6.07, 6.45) is 0. The first-order valence-corrected chi connectivity index (χ1v) is 12.8. The van der Waals surface area contributed by atoms with Crippen LogP contribution in [-0.2, 0) is 12.3 Å². The Hall–Kier alpha value is -3.39. The van der Waals surface area contributed by atoms with Crippen LogP contribution < -0.4 is 5.32 Å². The second-order valence-corrected chi connectivity index (χ2v) is 9.74. The summed E-state index contributed by atoms with van der Waals surface area (Å²) in [7, 11) is 0. The van der Waals surface area contributed by atoms with Crippen molar-refractivity contribution in [3.8, 4) is 5.69 Å². The van der Waals surface area contributed by atoms with Crippen LogP contribution >= 0.6 is 35.0 Å². The molecule has 5 nitrogen and oxygen atoms in total. The van der Waals surface area contributed by atoms with Gasteiger partial charge in [0.1, 0.15) is 5.82 Å². The van der Waals surface area contributed by atoms with Crippen LogP contribution in [0.2, 0.25) is 10.0 Å². The minimum Gasteiger partial charge on any atom is -0.345 e. The summed E-state index contributed by atoms with van der Waals surface area (Å²) in [5.74, 6) is 0.522. The minimum absolute atomic E-state index is 0.120. The summed E-state index contributed by atoms with van der Waals surface area (Å²) in [5.41, 5.74) is 2.11. The molecule has 0 atom stereocenters. The zero-order valence-electron chi connectivity index (χ0n) is 18.8. The summed E-state index contributed by atoms with van der Waals surface area (Å²) < 4.78 is 15.1. The van der Waals surface area contributed by atoms with Crippen LogP contribution in [-0.4, -0.2) is 20.7 Å². The Labute approximate surface area is 221 Å². The minimum atomic E-state index is -0.290. The van der Waals surface area contributed by atoms with E-state index < -0.39 is 0 Å². The lowest BCUT2D eigenvalue weighted by Crippen LogP contribution is -2.25. The second-order valence-electron chi connectivity index (χ2n) is 7.95. The number of carbonyl (C=O) groups excluding carboxylic acids is 1. The topological polar surface area (TPSA) is 59.8 Å². The largest absolute Gasteiger partial charge is 0.345 e. The summed E-state index contributed by atoms with van der Waals surface area (Å²) >= 11 is 14.2. The lowest BCUT2D eigenvalue weighted by atomic mass is 10.0. The molecule has 0 fully saturated rings. The standard InChI is InChI=1S/C27H19Cl2FN4OS/c28-19-10-13-23(29)24(14-19)34-25(32-33-27(34)36-16-17-8-11-20(30)12-9-17)15-31-26(35)22-7-3-5-18-4-1-2-6-21(18)22/h1-14H,15-16H2,(H,31,35). The van der Waals surface area contributed by atoms with Crippen molar-refractivity contribution < 1.29 is 9.18 Å². The first-order chi connectivity index (χ1) is 17.5. The normalized spacial score (nSPS) is 11.1. The average Bonchev–Trinajstić information content (AvgIpc) is 3.30. The predicted octanol–water partition coefficient (Wildman–Crippen LogP) is 7.09. The predicted molar refractivity (Wildman–Crippen MR) is 142 cm³/mol. The zero-order valence-corrected chi connectivity index (χ0v) is 21.1. The van der Waals surface area contributed by atoms with E-state index in [2.05, 4.69) is 15.5 Å². The van der Waals surface area contributed by atoms with Gasteiger partial charge in [-0.05, 0) is 52.7 Å². The highest BCUT2D eigenvalue weighted by Crippen LogP contribution is 2.31. The van der Waals surface area contributed by atoms with E-state index in [1.54, 1.807) is 41.0 Å². The van der Waals surface area contributed by atoms with Gasteiger partial charge in [-0.1, -0.05) is 83.5 Å². The van der Waals surface area contributed by atoms with E-state index in [4.69, 9.17) is 23.2 Å². The molecule has 0 aliphatic rings. The number of hydrogen-bond acceptors (Lipinski definition) is 4. The van der Waals surface area contributed by atoms with Gasteiger partial charge < -0.3 is 5.32 Å². The van der Waals surface area contributed by atoms with Crippen molar-refractivity contribution in [2.24, 2.45) is 0 Å². The highest BCUT2D eigenvalue weighted by atomic mass is 35.5. The van der Waals surface area contributed by atoms with E-state index in [0.717, 1.165) is 16.3 Å². The first kappa shape index (κ1) is 24.3. The maximum absolute atomic E-state index is 13.3. The van der Waals surface area contributed by atoms with Crippen LogP contribution in [0.25, 0.3) is 16.5 Å². The third-order valence-electron chi connectivity index (χ3n) is 5.57. The Balaban J connectivity index is 1.44. The third-order valence-corrected chi connectivity index (χ3v) is 7.13. The lowest BCUT2D eigenvalue weighted by molar-refractivity contribution is 0.0951. The van der Waals surface area contributed by atoms with Gasteiger partial charge in [0.05, 0.1) is 17.3 Å². The fourth-order valence-electron chi connectivity index (χ4n) is 3.81. The van der Waals surface area contributed by atoms with Crippen LogP contribution in [0.3, 0.4) is 0 Å². The van der Waals surface area contributed by atoms with E-state index in [9.17, 15) is 9.18 Å². The highest BCUT2D eigenvalue weighted by molar-refractivity contribution is 7.98. The van der Waals surface area contributed by atoms with Gasteiger partial charge in [-0.15, -0.1) is 10.2 Å². The molecule has 0 bridgehead atoms. The number of halogens is 3. The number of rotatable bonds is 7. The number of nitrogens with zero attached hydrogens (tertiary/aromatic N) is 3. The van der Waals surface area contributed by atoms with E-state index in [1.807, 2.05) is 36.4 Å². The molecule has 1 aromatic heterocycles. The molecule has 1 amide bonds. The van der Waals surface area contributed by atoms with Gasteiger partial charge in [0, 0.05) is 16.3 Å². The van der Waals surface area contributed by atoms with Gasteiger partial charge in [0.15, 0.2) is 11.0 Å². The van der Waals surface area contributed by atoms with Crippen LogP contribution in [0.15, 0.2) is 90.1 Å². The van der Waals surface area contributed by atoms with Crippen molar-refractivity contribution in [1.29, 1.82) is 0 Å². The molecule has 1 N–H and O–H groups in total. The average molecular weight is 537 g/mol. The van der Waals surface area contributed by atoms with E-state index >= 15 is 0 Å². The molecular weight excluding hydrogens is 518 g/mol. The molecule has 1 heterocycles. The van der Waals surface area contributed by atoms with Crippen LogP contribution in [0.1, 0.15) is 21.7 Å². The smallest absolute Gasteiger partial charge is 0.252 e. The van der Waals surface area contributed by atoms with Crippen molar-refractivity contribution in [1.82, 2.24) is 20.1 Å². The van der Waals surface area contributed by atoms with Gasteiger partial charge in [-0.3, -0.25) is 9.36 Å². The molecule has 5 aromatic rings. The molecule has 0 spiro atoms. The van der Waals surface area contributed by atoms with E-state index in [1.165, 1.54) is 23.9 Å². The number of nitrogens with one attached hydrogen (secondary N) is 1. The summed E-state index contributed by atoms with van der Waals surface area (Å²) in [6.45, 7) is 0.120. The van der Waals surface area contributed by atoms with Crippen LogP contribution in [0.4, 0.5) is 4.39 Å². The molecule has 0 saturated heterocycles. The fraction of sp³-hybridized carbons (Fsp3) is 0.0741. The Bertz CT molecular complexity index is 1550. The fourth-order valence-corrected chi connectivity index (χ4v) is 5.10. The van der Waals surface area contributed by atoms with E-state index in [0.29, 0.717) is 38.0 Å². The molecule has 36 heavy (non-hydrogen) atoms. The Morgan fingerprint density at radius 1 is 0.944 bits per heavy atom. The van der Waals surface area contributed by atoms with Gasteiger partial charge in [-0.2, -0.15) is 0 Å². The molecule has 0 aliphatic carbocycles. The van der Waals surface area contributed by atoms with Crippen molar-refractivity contribution in [3.05, 3.63) is 118 Å². The maximum Gasteiger partial charge on any atom is 0.252 e. The molecule has 4 aromatic carbocycles. The third kappa shape index (κ3) is 5.23. The summed E-state index contributed by atoms with van der Waals surface area (Å²) in [5, 5.41) is 15.0. The van der Waals surface area contributed by atoms with E-state index in [-0.39, 0.29) is 18.3 Å². The van der Waals surface area contributed by atoms with Gasteiger partial charge in [0.2, 0.25) is 0 Å². The number of hydrogen-bond donors (Lipinski definition) is 1. The monoisotopic (exact) mass is 536 g/mol. The summed E-state index contributed by atoms with van der Waals surface area (Å²) in [6, 6.07) is 24.8. The number of carbonyl (C=O) groups is 1. The quantitative estimate of drug-likeness (QED) is 0.225. The molecule has 0 saturated carbocycles. The van der Waals surface area contributed by atoms with Crippen molar-refractivity contribution in [3.63, 3.8) is 0 Å². The number of thioether (sulfide) groups is 1. The number of benzene rings is 4. The van der Waals surface area contributed by atoms with Gasteiger partial charge in [0.25, 0.3) is 5.91 Å². The highest BCUT2D eigenvalue weighted by Gasteiger charge is 2.19. The first-order valence-electron chi connectivity index (χ1n) is 11.0. The molecule has 180 valence electrons. The van der Waals surface area contributed by atoms with Crippen LogP contribution in [0, 0.1) is 5.82 Å². The molecule has 0 aliphatic heterocycles. The number of amides is 1. The molecule has 0 radical (unpaired) electrons. The Kier molecular flexibility index (Phi) is 7.23. The van der Waals surface area contributed by atoms with Crippen molar-refractivity contribution in [2.75, 3.05) is 0 Å². The SMILES string of the molecule is O=C(NCc1nnc(SCc2ccc(F)cc2)n1-c1cc(Cl)ccc1Cl)c1cccc2ccccc12. The Morgan fingerprint density at radius 3 is 2.56 bits per heavy atom. The Morgan fingerprint density at radius 2 is 1.72 bits per heavy atom. The molecule has 9 heteroatoms. The van der Waals surface area contributed by atoms with Gasteiger partial charge in [-0.25, -0.2) is 4.39 Å². The summed E-state index contributed by atoms with van der Waals surface area (Å²) in [4.78, 5) is 13.1. The number of fused-ring (bicyclic) bond motifs is 1. The number of aromatic nitrogens is 3. The molecule has 5 rings (SSSR count). The maximum atomic E-state index is 13.3. The van der Waals surface area contributed by atoms with Gasteiger partial charge >= 0.3 is 0 Å². The van der Waals surface area contributed by atoms with Crippen LogP contribution in [0.5, 0.6) is 0 Å². The van der Waals surface area contributed by atoms with Crippen molar-refractivity contribution in [2.45, 2.75) is 17.5 Å². The molecular formula is C27H19Cl2FN4OS. The second kappa shape index (κ2) is 10.7. The molecule has 0 unspecified atom stereocenters.